The van der Waals surface area contributed by atoms with Gasteiger partial charge in [0.25, 0.3) is 0 Å². The minimum Gasteiger partial charge on any atom is -0.368 e. The van der Waals surface area contributed by atoms with Crippen LogP contribution in [0.3, 0.4) is 0 Å². The minimum absolute atomic E-state index is 0.272. The first kappa shape index (κ1) is 14.8. The van der Waals surface area contributed by atoms with Gasteiger partial charge in [0.05, 0.1) is 6.20 Å². The van der Waals surface area contributed by atoms with Gasteiger partial charge in [0.1, 0.15) is 6.04 Å². The normalized spacial score (nSPS) is 18.2. The highest BCUT2D eigenvalue weighted by molar-refractivity contribution is 5.81. The number of benzene rings is 1. The number of hydrogen-bond acceptors (Lipinski definition) is 3. The molecule has 1 atom stereocenters. The van der Waals surface area contributed by atoms with Gasteiger partial charge in [-0.05, 0) is 43.0 Å². The van der Waals surface area contributed by atoms with Crippen LogP contribution in [0, 0.1) is 0 Å². The van der Waals surface area contributed by atoms with Crippen LogP contribution in [0.15, 0.2) is 42.7 Å². The molecule has 116 valence electrons. The summed E-state index contributed by atoms with van der Waals surface area (Å²) in [7, 11) is 1.94. The zero-order valence-electron chi connectivity index (χ0n) is 12.9. The Morgan fingerprint density at radius 1 is 1.27 bits per heavy atom. The van der Waals surface area contributed by atoms with E-state index in [1.165, 1.54) is 5.56 Å². The summed E-state index contributed by atoms with van der Waals surface area (Å²) < 4.78 is 1.85. The monoisotopic (exact) mass is 298 g/mol. The molecule has 5 heteroatoms. The number of likely N-dealkylation sites (tertiary alicyclic amines) is 1. The van der Waals surface area contributed by atoms with Crippen molar-refractivity contribution in [1.82, 2.24) is 14.7 Å². The molecule has 1 aromatic heterocycles. The van der Waals surface area contributed by atoms with E-state index in [1.54, 1.807) is 0 Å². The first-order valence-electron chi connectivity index (χ1n) is 7.72. The minimum atomic E-state index is -0.323. The summed E-state index contributed by atoms with van der Waals surface area (Å²) in [6.07, 6.45) is 6.09. The summed E-state index contributed by atoms with van der Waals surface area (Å²) in [5.41, 5.74) is 7.93. The smallest absolute Gasteiger partial charge is 0.239 e. The molecular weight excluding hydrogens is 276 g/mol. The summed E-state index contributed by atoms with van der Waals surface area (Å²) in [6.45, 7) is 1.75. The number of primary amides is 1. The Labute approximate surface area is 130 Å². The van der Waals surface area contributed by atoms with Crippen molar-refractivity contribution in [3.05, 3.63) is 53.9 Å². The van der Waals surface area contributed by atoms with Crippen LogP contribution in [-0.4, -0.2) is 33.7 Å². The SMILES string of the molecule is Cn1cc(C2CCN([C@@H](C(N)=O)c3ccccc3)CC2)cn1. The Bertz CT molecular complexity index is 629. The van der Waals surface area contributed by atoms with Gasteiger partial charge in [-0.15, -0.1) is 0 Å². The first-order chi connectivity index (χ1) is 10.6. The Hall–Kier alpha value is -2.14. The molecule has 2 heterocycles. The van der Waals surface area contributed by atoms with Gasteiger partial charge < -0.3 is 5.73 Å². The molecule has 0 aliphatic carbocycles. The van der Waals surface area contributed by atoms with Crippen LogP contribution in [0.2, 0.25) is 0 Å². The summed E-state index contributed by atoms with van der Waals surface area (Å²) in [6, 6.07) is 9.49. The van der Waals surface area contributed by atoms with E-state index in [0.29, 0.717) is 5.92 Å². The highest BCUT2D eigenvalue weighted by atomic mass is 16.1. The van der Waals surface area contributed by atoms with Crippen LogP contribution in [-0.2, 0) is 11.8 Å². The van der Waals surface area contributed by atoms with Gasteiger partial charge >= 0.3 is 0 Å². The van der Waals surface area contributed by atoms with Gasteiger partial charge in [-0.3, -0.25) is 14.4 Å². The van der Waals surface area contributed by atoms with Crippen molar-refractivity contribution in [2.24, 2.45) is 12.8 Å². The van der Waals surface area contributed by atoms with Gasteiger partial charge in [0.15, 0.2) is 0 Å². The molecule has 22 heavy (non-hydrogen) atoms. The van der Waals surface area contributed by atoms with Crippen LogP contribution in [0.5, 0.6) is 0 Å². The van der Waals surface area contributed by atoms with E-state index in [1.807, 2.05) is 48.3 Å². The van der Waals surface area contributed by atoms with E-state index < -0.39 is 0 Å². The molecule has 0 saturated carbocycles. The maximum atomic E-state index is 11.9. The number of carbonyl (C=O) groups excluding carboxylic acids is 1. The number of hydrogen-bond donors (Lipinski definition) is 1. The van der Waals surface area contributed by atoms with Gasteiger partial charge in [0, 0.05) is 13.2 Å². The quantitative estimate of drug-likeness (QED) is 0.936. The van der Waals surface area contributed by atoms with Crippen LogP contribution in [0.1, 0.15) is 35.9 Å². The fraction of sp³-hybridized carbons (Fsp3) is 0.412. The Morgan fingerprint density at radius 3 is 2.50 bits per heavy atom. The highest BCUT2D eigenvalue weighted by Gasteiger charge is 2.30. The van der Waals surface area contributed by atoms with E-state index in [-0.39, 0.29) is 11.9 Å². The summed E-state index contributed by atoms with van der Waals surface area (Å²) >= 11 is 0. The number of nitrogens with two attached hydrogens (primary N) is 1. The third-order valence-corrected chi connectivity index (χ3v) is 4.48. The molecule has 0 unspecified atom stereocenters. The van der Waals surface area contributed by atoms with E-state index in [2.05, 4.69) is 16.2 Å². The number of piperidine rings is 1. The van der Waals surface area contributed by atoms with E-state index in [4.69, 9.17) is 5.73 Å². The molecule has 5 nitrogen and oxygen atoms in total. The summed E-state index contributed by atoms with van der Waals surface area (Å²) in [5, 5.41) is 4.25. The van der Waals surface area contributed by atoms with Crippen molar-refractivity contribution < 1.29 is 4.79 Å². The average Bonchev–Trinajstić information content (AvgIpc) is 2.95. The van der Waals surface area contributed by atoms with Gasteiger partial charge in [0.2, 0.25) is 5.91 Å². The number of rotatable bonds is 4. The topological polar surface area (TPSA) is 64.2 Å². The Kier molecular flexibility index (Phi) is 4.24. The highest BCUT2D eigenvalue weighted by Crippen LogP contribution is 2.31. The summed E-state index contributed by atoms with van der Waals surface area (Å²) in [4.78, 5) is 14.1. The molecule has 2 N–H and O–H groups in total. The summed E-state index contributed by atoms with van der Waals surface area (Å²) in [5.74, 6) is 0.250. The second kappa shape index (κ2) is 6.32. The maximum Gasteiger partial charge on any atom is 0.239 e. The molecule has 1 amide bonds. The van der Waals surface area contributed by atoms with Crippen LogP contribution in [0.25, 0.3) is 0 Å². The lowest BCUT2D eigenvalue weighted by Gasteiger charge is -2.36. The Balaban J connectivity index is 1.70. The zero-order valence-corrected chi connectivity index (χ0v) is 12.9. The van der Waals surface area contributed by atoms with Crippen LogP contribution in [0.4, 0.5) is 0 Å². The third-order valence-electron chi connectivity index (χ3n) is 4.48. The molecule has 3 rings (SSSR count). The van der Waals surface area contributed by atoms with Crippen LogP contribution < -0.4 is 5.73 Å². The van der Waals surface area contributed by atoms with Gasteiger partial charge in [-0.25, -0.2) is 0 Å². The molecule has 1 aromatic carbocycles. The van der Waals surface area contributed by atoms with Crippen LogP contribution >= 0.6 is 0 Å². The standard InChI is InChI=1S/C17H22N4O/c1-20-12-15(11-19-20)13-7-9-21(10-8-13)16(17(18)22)14-5-3-2-4-6-14/h2-6,11-13,16H,7-10H2,1H3,(H2,18,22)/t16-/m1/s1. The number of aromatic nitrogens is 2. The lowest BCUT2D eigenvalue weighted by atomic mass is 9.90. The lowest BCUT2D eigenvalue weighted by Crippen LogP contribution is -2.42. The fourth-order valence-electron chi connectivity index (χ4n) is 3.33. The Morgan fingerprint density at radius 2 is 1.95 bits per heavy atom. The number of carbonyl (C=O) groups is 1. The molecule has 0 spiro atoms. The zero-order chi connectivity index (χ0) is 15.5. The number of amides is 1. The predicted octanol–water partition coefficient (Wildman–Crippen LogP) is 1.83. The third kappa shape index (κ3) is 3.04. The van der Waals surface area contributed by atoms with Crippen molar-refractivity contribution in [2.45, 2.75) is 24.8 Å². The predicted molar refractivity (Wildman–Crippen MR) is 85.1 cm³/mol. The lowest BCUT2D eigenvalue weighted by molar-refractivity contribution is -0.124. The molecule has 1 saturated heterocycles. The first-order valence-corrected chi connectivity index (χ1v) is 7.72. The van der Waals surface area contributed by atoms with Crippen molar-refractivity contribution in [1.29, 1.82) is 0 Å². The van der Waals surface area contributed by atoms with E-state index >= 15 is 0 Å². The molecule has 1 aliphatic rings. The molecular formula is C17H22N4O. The van der Waals surface area contributed by atoms with Crippen molar-refractivity contribution >= 4 is 5.91 Å². The molecule has 1 fully saturated rings. The van der Waals surface area contributed by atoms with Crippen molar-refractivity contribution in [3.8, 4) is 0 Å². The van der Waals surface area contributed by atoms with Gasteiger partial charge in [-0.2, -0.15) is 5.10 Å². The van der Waals surface area contributed by atoms with E-state index in [0.717, 1.165) is 31.5 Å². The number of aryl methyl sites for hydroxylation is 1. The second-order valence-corrected chi connectivity index (χ2v) is 5.97. The largest absolute Gasteiger partial charge is 0.368 e. The average molecular weight is 298 g/mol. The maximum absolute atomic E-state index is 11.9. The van der Waals surface area contributed by atoms with Gasteiger partial charge in [-0.1, -0.05) is 30.3 Å². The second-order valence-electron chi connectivity index (χ2n) is 5.97. The molecule has 0 bridgehead atoms. The molecule has 0 radical (unpaired) electrons. The number of nitrogens with zero attached hydrogens (tertiary/aromatic N) is 3. The molecule has 2 aromatic rings. The van der Waals surface area contributed by atoms with E-state index in [9.17, 15) is 4.79 Å². The van der Waals surface area contributed by atoms with Crippen molar-refractivity contribution in [3.63, 3.8) is 0 Å². The fourth-order valence-corrected chi connectivity index (χ4v) is 3.33. The molecule has 1 aliphatic heterocycles. The van der Waals surface area contributed by atoms with Crippen molar-refractivity contribution in [2.75, 3.05) is 13.1 Å².